The number of aliphatic hydroxyl groups is 4. The summed E-state index contributed by atoms with van der Waals surface area (Å²) in [5, 5.41) is 38.5. The fourth-order valence-corrected chi connectivity index (χ4v) is 2.46. The summed E-state index contributed by atoms with van der Waals surface area (Å²) in [6, 6.07) is 5.13. The lowest BCUT2D eigenvalue weighted by atomic mass is 9.99. The molecule has 7 heteroatoms. The van der Waals surface area contributed by atoms with Crippen LogP contribution in [0.25, 0.3) is 6.08 Å². The summed E-state index contributed by atoms with van der Waals surface area (Å²) in [6.45, 7) is -0.0284. The smallest absolute Gasteiger partial charge is 0.229 e. The van der Waals surface area contributed by atoms with Crippen LogP contribution in [0.5, 0.6) is 11.5 Å². The third-order valence-corrected chi connectivity index (χ3v) is 3.72. The predicted molar refractivity (Wildman–Crippen MR) is 75.4 cm³/mol. The Labute approximate surface area is 127 Å². The highest BCUT2D eigenvalue weighted by Crippen LogP contribution is 2.30. The molecule has 1 fully saturated rings. The zero-order chi connectivity index (χ0) is 15.7. The van der Waals surface area contributed by atoms with E-state index < -0.39 is 37.3 Å². The average Bonchev–Trinajstić information content (AvgIpc) is 2.55. The van der Waals surface area contributed by atoms with Crippen LogP contribution in [0.4, 0.5) is 0 Å². The number of ether oxygens (including phenoxy) is 3. The number of rotatable bonds is 3. The summed E-state index contributed by atoms with van der Waals surface area (Å²) in [5.41, 5.74) is 0.910. The van der Waals surface area contributed by atoms with Crippen molar-refractivity contribution in [3.05, 3.63) is 29.8 Å². The molecule has 2 aliphatic rings. The van der Waals surface area contributed by atoms with E-state index in [9.17, 15) is 15.3 Å². The van der Waals surface area contributed by atoms with Gasteiger partial charge in [-0.1, -0.05) is 6.08 Å². The van der Waals surface area contributed by atoms with Crippen LogP contribution < -0.4 is 9.47 Å². The molecule has 3 rings (SSSR count). The minimum absolute atomic E-state index is 0.387. The van der Waals surface area contributed by atoms with Crippen molar-refractivity contribution >= 4 is 6.08 Å². The Morgan fingerprint density at radius 1 is 1.14 bits per heavy atom. The van der Waals surface area contributed by atoms with Crippen LogP contribution in [0.2, 0.25) is 0 Å². The van der Waals surface area contributed by atoms with Crippen LogP contribution >= 0.6 is 0 Å². The minimum atomic E-state index is -1.47. The van der Waals surface area contributed by atoms with Gasteiger partial charge in [0.15, 0.2) is 0 Å². The Kier molecular flexibility index (Phi) is 4.32. The van der Waals surface area contributed by atoms with Crippen molar-refractivity contribution in [3.8, 4) is 11.5 Å². The third kappa shape index (κ3) is 2.81. The van der Waals surface area contributed by atoms with E-state index in [1.54, 1.807) is 18.2 Å². The Hall–Kier alpha value is -1.64. The Morgan fingerprint density at radius 2 is 1.95 bits per heavy atom. The maximum absolute atomic E-state index is 9.94. The molecule has 120 valence electrons. The van der Waals surface area contributed by atoms with E-state index >= 15 is 0 Å². The van der Waals surface area contributed by atoms with E-state index in [1.165, 1.54) is 0 Å². The molecule has 0 bridgehead atoms. The standard InChI is InChI=1S/C15H18O7/c16-7-11-12(17)13(18)14(19)15(22-11)21-9-4-3-8-2-1-5-20-10(8)6-9/h1-4,6,11-19H,5,7H2/t11-,12-,13+,14-,15-/m1/s1. The van der Waals surface area contributed by atoms with Crippen LogP contribution in [0, 0.1) is 0 Å². The van der Waals surface area contributed by atoms with E-state index in [-0.39, 0.29) is 0 Å². The van der Waals surface area contributed by atoms with Gasteiger partial charge < -0.3 is 34.6 Å². The van der Waals surface area contributed by atoms with Crippen LogP contribution in [0.15, 0.2) is 24.3 Å². The molecule has 2 aliphatic heterocycles. The van der Waals surface area contributed by atoms with Crippen LogP contribution in [-0.2, 0) is 4.74 Å². The van der Waals surface area contributed by atoms with Crippen molar-refractivity contribution in [1.29, 1.82) is 0 Å². The van der Waals surface area contributed by atoms with Gasteiger partial charge in [-0.25, -0.2) is 0 Å². The van der Waals surface area contributed by atoms with Gasteiger partial charge in [0.25, 0.3) is 0 Å². The molecule has 0 unspecified atom stereocenters. The summed E-state index contributed by atoms with van der Waals surface area (Å²) in [7, 11) is 0. The Balaban J connectivity index is 1.76. The molecule has 0 amide bonds. The van der Waals surface area contributed by atoms with Gasteiger partial charge in [-0.15, -0.1) is 0 Å². The molecule has 1 aromatic carbocycles. The molecule has 2 heterocycles. The topological polar surface area (TPSA) is 109 Å². The molecular weight excluding hydrogens is 292 g/mol. The number of aliphatic hydroxyl groups excluding tert-OH is 4. The lowest BCUT2D eigenvalue weighted by Gasteiger charge is -2.39. The number of hydrogen-bond acceptors (Lipinski definition) is 7. The molecule has 4 N–H and O–H groups in total. The first kappa shape index (κ1) is 15.3. The third-order valence-electron chi connectivity index (χ3n) is 3.72. The molecule has 1 saturated heterocycles. The normalized spacial score (nSPS) is 33.9. The van der Waals surface area contributed by atoms with Crippen molar-refractivity contribution in [1.82, 2.24) is 0 Å². The monoisotopic (exact) mass is 310 g/mol. The van der Waals surface area contributed by atoms with E-state index in [0.717, 1.165) is 5.56 Å². The van der Waals surface area contributed by atoms with Crippen molar-refractivity contribution in [3.63, 3.8) is 0 Å². The number of benzene rings is 1. The molecule has 0 aliphatic carbocycles. The first-order chi connectivity index (χ1) is 10.6. The molecule has 0 aromatic heterocycles. The average molecular weight is 310 g/mol. The van der Waals surface area contributed by atoms with Gasteiger partial charge in [0.1, 0.15) is 42.5 Å². The summed E-state index contributed by atoms with van der Waals surface area (Å²) < 4.78 is 16.3. The summed E-state index contributed by atoms with van der Waals surface area (Å²) >= 11 is 0. The molecule has 1 aromatic rings. The van der Waals surface area contributed by atoms with E-state index in [0.29, 0.717) is 18.1 Å². The highest BCUT2D eigenvalue weighted by atomic mass is 16.7. The summed E-state index contributed by atoms with van der Waals surface area (Å²) in [6.07, 6.45) is -2.69. The van der Waals surface area contributed by atoms with Crippen molar-refractivity contribution in [2.24, 2.45) is 0 Å². The largest absolute Gasteiger partial charge is 0.489 e. The van der Waals surface area contributed by atoms with Crippen LogP contribution in [0.1, 0.15) is 5.56 Å². The van der Waals surface area contributed by atoms with Crippen molar-refractivity contribution < 1.29 is 34.6 Å². The fourth-order valence-electron chi connectivity index (χ4n) is 2.46. The van der Waals surface area contributed by atoms with Gasteiger partial charge in [-0.3, -0.25) is 0 Å². The van der Waals surface area contributed by atoms with Gasteiger partial charge in [0.2, 0.25) is 6.29 Å². The van der Waals surface area contributed by atoms with Crippen LogP contribution in [0.3, 0.4) is 0 Å². The highest BCUT2D eigenvalue weighted by Gasteiger charge is 2.44. The first-order valence-electron chi connectivity index (χ1n) is 7.00. The van der Waals surface area contributed by atoms with Gasteiger partial charge in [0.05, 0.1) is 6.61 Å². The van der Waals surface area contributed by atoms with Gasteiger partial charge in [-0.2, -0.15) is 0 Å². The second kappa shape index (κ2) is 6.23. The van der Waals surface area contributed by atoms with E-state index in [4.69, 9.17) is 19.3 Å². The molecule has 0 radical (unpaired) electrons. The van der Waals surface area contributed by atoms with E-state index in [1.807, 2.05) is 12.2 Å². The lowest BCUT2D eigenvalue weighted by molar-refractivity contribution is -0.277. The van der Waals surface area contributed by atoms with Gasteiger partial charge in [-0.05, 0) is 18.2 Å². The maximum atomic E-state index is 9.94. The zero-order valence-electron chi connectivity index (χ0n) is 11.7. The van der Waals surface area contributed by atoms with Crippen molar-refractivity contribution in [2.75, 3.05) is 13.2 Å². The number of fused-ring (bicyclic) bond motifs is 1. The molecule has 0 saturated carbocycles. The fraction of sp³-hybridized carbons (Fsp3) is 0.467. The summed E-state index contributed by atoms with van der Waals surface area (Å²) in [4.78, 5) is 0. The second-order valence-corrected chi connectivity index (χ2v) is 5.23. The zero-order valence-corrected chi connectivity index (χ0v) is 11.7. The minimum Gasteiger partial charge on any atom is -0.489 e. The lowest BCUT2D eigenvalue weighted by Crippen LogP contribution is -2.60. The SMILES string of the molecule is OC[C@H]1O[C@@H](Oc2ccc3c(c2)OCC=C3)[C@H](O)[C@@H](O)[C@@H]1O. The predicted octanol–water partition coefficient (Wildman–Crippen LogP) is -0.729. The highest BCUT2D eigenvalue weighted by molar-refractivity contribution is 5.60. The second-order valence-electron chi connectivity index (χ2n) is 5.23. The molecular formula is C15H18O7. The quantitative estimate of drug-likeness (QED) is 0.583. The van der Waals surface area contributed by atoms with Crippen molar-refractivity contribution in [2.45, 2.75) is 30.7 Å². The molecule has 7 nitrogen and oxygen atoms in total. The first-order valence-corrected chi connectivity index (χ1v) is 7.00. The van der Waals surface area contributed by atoms with Gasteiger partial charge in [0, 0.05) is 11.6 Å². The number of hydrogen-bond donors (Lipinski definition) is 4. The molecule has 5 atom stereocenters. The molecule has 22 heavy (non-hydrogen) atoms. The van der Waals surface area contributed by atoms with Crippen LogP contribution in [-0.4, -0.2) is 64.3 Å². The van der Waals surface area contributed by atoms with Gasteiger partial charge >= 0.3 is 0 Å². The Bertz CT molecular complexity index is 557. The summed E-state index contributed by atoms with van der Waals surface area (Å²) in [5.74, 6) is 1.03. The van der Waals surface area contributed by atoms with E-state index in [2.05, 4.69) is 0 Å². The maximum Gasteiger partial charge on any atom is 0.229 e. The molecule has 0 spiro atoms. The Morgan fingerprint density at radius 3 is 2.73 bits per heavy atom.